The highest BCUT2D eigenvalue weighted by molar-refractivity contribution is 6.21. The Morgan fingerprint density at radius 3 is 1.62 bits per heavy atom. The summed E-state index contributed by atoms with van der Waals surface area (Å²) in [6.45, 7) is 4.72. The molecule has 10 rings (SSSR count). The van der Waals surface area contributed by atoms with Crippen LogP contribution in [-0.4, -0.2) is 0 Å². The molecule has 0 N–H and O–H groups in total. The third-order valence-electron chi connectivity index (χ3n) is 10.7. The Labute approximate surface area is 279 Å². The fourth-order valence-corrected chi connectivity index (χ4v) is 8.43. The van der Waals surface area contributed by atoms with Gasteiger partial charge < -0.3 is 4.42 Å². The normalized spacial score (nSPS) is 13.4. The molecule has 0 fully saturated rings. The maximum Gasteiger partial charge on any atom is 0.143 e. The quantitative estimate of drug-likeness (QED) is 0.181. The molecule has 0 amide bonds. The molecule has 1 aliphatic carbocycles. The first-order valence-electron chi connectivity index (χ1n) is 16.8. The second-order valence-corrected chi connectivity index (χ2v) is 13.6. The molecule has 0 radical (unpaired) electrons. The highest BCUT2D eigenvalue weighted by Crippen LogP contribution is 2.51. The van der Waals surface area contributed by atoms with Crippen LogP contribution in [0.4, 0.5) is 0 Å². The Morgan fingerprint density at radius 1 is 0.375 bits per heavy atom. The van der Waals surface area contributed by atoms with E-state index in [4.69, 9.17) is 4.42 Å². The predicted molar refractivity (Wildman–Crippen MR) is 203 cm³/mol. The van der Waals surface area contributed by atoms with E-state index in [2.05, 4.69) is 166 Å². The van der Waals surface area contributed by atoms with Gasteiger partial charge in [-0.3, -0.25) is 0 Å². The lowest BCUT2D eigenvalue weighted by Crippen LogP contribution is -2.14. The molecule has 0 spiro atoms. The van der Waals surface area contributed by atoms with Gasteiger partial charge in [-0.25, -0.2) is 0 Å². The van der Waals surface area contributed by atoms with Crippen molar-refractivity contribution in [2.24, 2.45) is 0 Å². The third-order valence-corrected chi connectivity index (χ3v) is 10.7. The molecule has 1 aromatic heterocycles. The Hall–Kier alpha value is -5.92. The lowest BCUT2D eigenvalue weighted by atomic mass is 9.80. The van der Waals surface area contributed by atoms with Gasteiger partial charge in [0.1, 0.15) is 11.2 Å². The number of hydrogen-bond donors (Lipinski definition) is 0. The van der Waals surface area contributed by atoms with Crippen molar-refractivity contribution >= 4 is 43.5 Å². The number of hydrogen-bond acceptors (Lipinski definition) is 1. The summed E-state index contributed by atoms with van der Waals surface area (Å²) in [4.78, 5) is 0. The molecule has 0 saturated carbocycles. The van der Waals surface area contributed by atoms with E-state index in [0.29, 0.717) is 0 Å². The molecule has 8 aromatic carbocycles. The maximum atomic E-state index is 6.46. The van der Waals surface area contributed by atoms with E-state index in [1.165, 1.54) is 66.1 Å². The zero-order chi connectivity index (χ0) is 32.0. The molecule has 0 unspecified atom stereocenters. The van der Waals surface area contributed by atoms with Gasteiger partial charge in [0.2, 0.25) is 0 Å². The molecular weight excluding hydrogens is 581 g/mol. The molecule has 1 aliphatic rings. The zero-order valence-electron chi connectivity index (χ0n) is 26.9. The van der Waals surface area contributed by atoms with E-state index in [1.807, 2.05) is 6.07 Å². The van der Waals surface area contributed by atoms with Gasteiger partial charge in [0.05, 0.1) is 0 Å². The SMILES string of the molecule is CC1(C)c2ccccc2-c2ccc(-c3c4ccccc4c(-c4cccc(-c5cccc6c5oc5ccccc56)c4)c4ccccc34)cc21. The molecule has 9 aromatic rings. The van der Waals surface area contributed by atoms with Crippen LogP contribution in [0.1, 0.15) is 25.0 Å². The van der Waals surface area contributed by atoms with Crippen LogP contribution in [0.25, 0.3) is 88.0 Å². The second kappa shape index (κ2) is 10.0. The van der Waals surface area contributed by atoms with Crippen LogP contribution in [0.3, 0.4) is 0 Å². The van der Waals surface area contributed by atoms with E-state index >= 15 is 0 Å². The van der Waals surface area contributed by atoms with Crippen molar-refractivity contribution in [1.29, 1.82) is 0 Å². The molecule has 0 aliphatic heterocycles. The minimum absolute atomic E-state index is 0.0589. The van der Waals surface area contributed by atoms with Crippen molar-refractivity contribution in [2.45, 2.75) is 19.3 Å². The largest absolute Gasteiger partial charge is 0.455 e. The smallest absolute Gasteiger partial charge is 0.143 e. The van der Waals surface area contributed by atoms with Gasteiger partial charge in [-0.05, 0) is 89.8 Å². The summed E-state index contributed by atoms with van der Waals surface area (Å²) < 4.78 is 6.46. The van der Waals surface area contributed by atoms with Crippen molar-refractivity contribution in [1.82, 2.24) is 0 Å². The van der Waals surface area contributed by atoms with Gasteiger partial charge in [0.15, 0.2) is 0 Å². The summed E-state index contributed by atoms with van der Waals surface area (Å²) in [5.74, 6) is 0. The van der Waals surface area contributed by atoms with Gasteiger partial charge in [-0.15, -0.1) is 0 Å². The molecule has 48 heavy (non-hydrogen) atoms. The van der Waals surface area contributed by atoms with Crippen molar-refractivity contribution in [3.05, 3.63) is 169 Å². The Kier molecular flexibility index (Phi) is 5.69. The van der Waals surface area contributed by atoms with Crippen LogP contribution in [0.2, 0.25) is 0 Å². The first-order valence-corrected chi connectivity index (χ1v) is 16.8. The summed E-state index contributed by atoms with van der Waals surface area (Å²) in [5.41, 5.74) is 14.6. The van der Waals surface area contributed by atoms with Gasteiger partial charge in [-0.1, -0.05) is 153 Å². The van der Waals surface area contributed by atoms with Crippen LogP contribution in [-0.2, 0) is 5.41 Å². The highest BCUT2D eigenvalue weighted by atomic mass is 16.3. The molecule has 1 heteroatoms. The first kappa shape index (κ1) is 27.2. The van der Waals surface area contributed by atoms with Gasteiger partial charge in [0, 0.05) is 21.8 Å². The van der Waals surface area contributed by atoms with Crippen molar-refractivity contribution in [2.75, 3.05) is 0 Å². The number of fused-ring (bicyclic) bond motifs is 8. The zero-order valence-corrected chi connectivity index (χ0v) is 26.9. The van der Waals surface area contributed by atoms with Crippen molar-refractivity contribution < 1.29 is 4.42 Å². The molecule has 226 valence electrons. The standard InChI is InChI=1S/C47H32O/c1-47(2)41-23-9-7-15-33(41)34-26-25-31(28-42(34)47)45-38-19-5-3-17-36(38)44(37-18-4-6-20-39(37)45)30-14-11-13-29(27-30)32-21-12-22-40-35-16-8-10-24-43(35)48-46(32)40/h3-28H,1-2H3. The Morgan fingerprint density at radius 2 is 0.896 bits per heavy atom. The average molecular weight is 613 g/mol. The van der Waals surface area contributed by atoms with Crippen molar-refractivity contribution in [3.8, 4) is 44.5 Å². The molecule has 1 heterocycles. The number of benzene rings is 8. The van der Waals surface area contributed by atoms with Gasteiger partial charge in [0.25, 0.3) is 0 Å². The maximum absolute atomic E-state index is 6.46. The van der Waals surface area contributed by atoms with Crippen LogP contribution in [0.15, 0.2) is 162 Å². The van der Waals surface area contributed by atoms with Gasteiger partial charge in [-0.2, -0.15) is 0 Å². The fourth-order valence-electron chi connectivity index (χ4n) is 8.43. The summed E-state index contributed by atoms with van der Waals surface area (Å²) in [7, 11) is 0. The van der Waals surface area contributed by atoms with E-state index in [1.54, 1.807) is 0 Å². The number of furan rings is 1. The van der Waals surface area contributed by atoms with Crippen molar-refractivity contribution in [3.63, 3.8) is 0 Å². The molecule has 1 nitrogen and oxygen atoms in total. The molecular formula is C47H32O. The summed E-state index contributed by atoms with van der Waals surface area (Å²) in [5, 5.41) is 7.35. The minimum Gasteiger partial charge on any atom is -0.455 e. The van der Waals surface area contributed by atoms with E-state index in [9.17, 15) is 0 Å². The van der Waals surface area contributed by atoms with E-state index in [0.717, 1.165) is 33.1 Å². The van der Waals surface area contributed by atoms with Crippen LogP contribution < -0.4 is 0 Å². The highest BCUT2D eigenvalue weighted by Gasteiger charge is 2.35. The lowest BCUT2D eigenvalue weighted by Gasteiger charge is -2.23. The molecule has 0 atom stereocenters. The second-order valence-electron chi connectivity index (χ2n) is 13.6. The van der Waals surface area contributed by atoms with E-state index in [-0.39, 0.29) is 5.41 Å². The number of rotatable bonds is 3. The summed E-state index contributed by atoms with van der Waals surface area (Å²) in [6.07, 6.45) is 0. The predicted octanol–water partition coefficient (Wildman–Crippen LogP) is 13.2. The number of para-hydroxylation sites is 2. The first-order chi connectivity index (χ1) is 23.6. The topological polar surface area (TPSA) is 13.1 Å². The van der Waals surface area contributed by atoms with E-state index < -0.39 is 0 Å². The van der Waals surface area contributed by atoms with Crippen LogP contribution in [0, 0.1) is 0 Å². The van der Waals surface area contributed by atoms with Crippen LogP contribution in [0.5, 0.6) is 0 Å². The Balaban J connectivity index is 1.20. The van der Waals surface area contributed by atoms with Gasteiger partial charge >= 0.3 is 0 Å². The van der Waals surface area contributed by atoms with Crippen LogP contribution >= 0.6 is 0 Å². The summed E-state index contributed by atoms with van der Waals surface area (Å²) >= 11 is 0. The summed E-state index contributed by atoms with van der Waals surface area (Å²) in [6, 6.07) is 57.7. The molecule has 0 bridgehead atoms. The fraction of sp³-hybridized carbons (Fsp3) is 0.0638. The lowest BCUT2D eigenvalue weighted by molar-refractivity contribution is 0.660. The Bertz CT molecular complexity index is 2700. The average Bonchev–Trinajstić information content (AvgIpc) is 3.62. The molecule has 0 saturated heterocycles. The third kappa shape index (κ3) is 3.79. The minimum atomic E-state index is -0.0589. The monoisotopic (exact) mass is 612 g/mol.